The number of carbonyl (C=O) groups is 3. The molecule has 0 saturated heterocycles. The summed E-state index contributed by atoms with van der Waals surface area (Å²) in [5, 5.41) is 9.00. The number of halogens is 2. The summed E-state index contributed by atoms with van der Waals surface area (Å²) < 4.78 is 0. The van der Waals surface area contributed by atoms with Crippen molar-refractivity contribution in [3.05, 3.63) is 165 Å². The molecule has 0 saturated carbocycles. The number of carbonyl (C=O) groups excluding carboxylic acids is 3. The number of rotatable bonds is 10. The highest BCUT2D eigenvalue weighted by Gasteiger charge is 2.23. The van der Waals surface area contributed by atoms with E-state index >= 15 is 0 Å². The quantitative estimate of drug-likeness (QED) is 0.103. The summed E-state index contributed by atoms with van der Waals surface area (Å²) in [5.41, 5.74) is 3.88. The van der Waals surface area contributed by atoms with Gasteiger partial charge in [0.25, 0.3) is 11.8 Å². The van der Waals surface area contributed by atoms with Crippen LogP contribution in [0.15, 0.2) is 138 Å². The molecular weight excluding hydrogens is 637 g/mol. The smallest absolute Gasteiger partial charge is 0.272 e. The molecule has 3 N–H and O–H groups in total. The molecule has 230 valence electrons. The third-order valence-electron chi connectivity index (χ3n) is 6.88. The van der Waals surface area contributed by atoms with Gasteiger partial charge in [0.15, 0.2) is 0 Å². The van der Waals surface area contributed by atoms with Crippen molar-refractivity contribution >= 4 is 70.1 Å². The minimum absolute atomic E-state index is 0.0254. The zero-order valence-corrected chi connectivity index (χ0v) is 27.0. The molecule has 3 amide bonds. The molecule has 0 aliphatic carbocycles. The van der Waals surface area contributed by atoms with Crippen molar-refractivity contribution in [2.45, 2.75) is 17.1 Å². The summed E-state index contributed by atoms with van der Waals surface area (Å²) in [4.78, 5) is 40.7. The Bertz CT molecular complexity index is 1880. The first kappa shape index (κ1) is 32.6. The normalized spacial score (nSPS) is 11.8. The monoisotopic (exact) mass is 665 g/mol. The molecule has 0 bridgehead atoms. The van der Waals surface area contributed by atoms with Crippen LogP contribution in [0.25, 0.3) is 6.08 Å². The van der Waals surface area contributed by atoms with Crippen molar-refractivity contribution in [3.8, 4) is 0 Å². The highest BCUT2D eigenvalue weighted by atomic mass is 35.5. The van der Waals surface area contributed by atoms with E-state index < -0.39 is 17.1 Å². The Morgan fingerprint density at radius 3 is 2.00 bits per heavy atom. The Kier molecular flexibility index (Phi) is 10.9. The Balaban J connectivity index is 1.33. The van der Waals surface area contributed by atoms with Gasteiger partial charge in [0.1, 0.15) is 10.9 Å². The molecule has 5 aromatic carbocycles. The maximum Gasteiger partial charge on any atom is 0.272 e. The van der Waals surface area contributed by atoms with Crippen LogP contribution in [0.2, 0.25) is 10.0 Å². The second kappa shape index (κ2) is 15.5. The maximum atomic E-state index is 13.5. The molecule has 0 aliphatic heterocycles. The lowest BCUT2D eigenvalue weighted by atomic mass is 10.1. The number of thioether (sulfide) groups is 1. The number of hydrogen-bond donors (Lipinski definition) is 3. The topological polar surface area (TPSA) is 87.3 Å². The highest BCUT2D eigenvalue weighted by Crippen LogP contribution is 2.37. The van der Waals surface area contributed by atoms with E-state index in [4.69, 9.17) is 23.2 Å². The van der Waals surface area contributed by atoms with Crippen molar-refractivity contribution in [2.24, 2.45) is 0 Å². The van der Waals surface area contributed by atoms with Crippen molar-refractivity contribution in [1.82, 2.24) is 5.32 Å². The Morgan fingerprint density at radius 2 is 1.33 bits per heavy atom. The zero-order valence-electron chi connectivity index (χ0n) is 24.7. The van der Waals surface area contributed by atoms with Gasteiger partial charge in [-0.15, -0.1) is 11.8 Å². The van der Waals surface area contributed by atoms with Crippen LogP contribution in [-0.2, 0) is 9.59 Å². The minimum Gasteiger partial charge on any atom is -0.325 e. The molecular formula is C37H29Cl2N3O3S. The summed E-state index contributed by atoms with van der Waals surface area (Å²) in [6.45, 7) is 1.90. The van der Waals surface area contributed by atoms with Gasteiger partial charge in [-0.05, 0) is 84.3 Å². The number of nitrogens with one attached hydrogen (secondary N) is 3. The van der Waals surface area contributed by atoms with E-state index in [1.165, 1.54) is 17.8 Å². The van der Waals surface area contributed by atoms with Crippen LogP contribution in [0.3, 0.4) is 0 Å². The van der Waals surface area contributed by atoms with Crippen molar-refractivity contribution in [1.29, 1.82) is 0 Å². The van der Waals surface area contributed by atoms with Crippen LogP contribution < -0.4 is 16.0 Å². The van der Waals surface area contributed by atoms with E-state index in [0.717, 1.165) is 16.0 Å². The summed E-state index contributed by atoms with van der Waals surface area (Å²) in [5.74, 6) is -1.15. The molecule has 0 aromatic heterocycles. The van der Waals surface area contributed by atoms with Gasteiger partial charge >= 0.3 is 0 Å². The molecule has 0 aliphatic rings. The molecule has 6 nitrogen and oxygen atoms in total. The molecule has 5 rings (SSSR count). The second-order valence-electron chi connectivity index (χ2n) is 10.2. The average Bonchev–Trinajstić information content (AvgIpc) is 3.07. The largest absolute Gasteiger partial charge is 0.325 e. The fourth-order valence-corrected chi connectivity index (χ4v) is 5.82. The van der Waals surface area contributed by atoms with E-state index in [-0.39, 0.29) is 11.6 Å². The number of amides is 3. The van der Waals surface area contributed by atoms with Gasteiger partial charge in [-0.2, -0.15) is 0 Å². The van der Waals surface area contributed by atoms with Crippen LogP contribution >= 0.6 is 35.0 Å². The summed E-state index contributed by atoms with van der Waals surface area (Å²) in [6, 6.07) is 37.7. The molecule has 0 spiro atoms. The molecule has 5 aromatic rings. The zero-order chi connectivity index (χ0) is 32.5. The lowest BCUT2D eigenvalue weighted by Gasteiger charge is -2.18. The van der Waals surface area contributed by atoms with Gasteiger partial charge in [0, 0.05) is 31.9 Å². The van der Waals surface area contributed by atoms with Gasteiger partial charge in [-0.25, -0.2) is 0 Å². The van der Waals surface area contributed by atoms with Crippen LogP contribution in [0.5, 0.6) is 0 Å². The minimum atomic E-state index is -0.555. The molecule has 0 radical (unpaired) electrons. The maximum absolute atomic E-state index is 13.5. The predicted octanol–water partition coefficient (Wildman–Crippen LogP) is 9.18. The Morgan fingerprint density at radius 1 is 0.696 bits per heavy atom. The fourth-order valence-electron chi connectivity index (χ4n) is 4.42. The van der Waals surface area contributed by atoms with Crippen molar-refractivity contribution < 1.29 is 14.4 Å². The molecule has 1 unspecified atom stereocenters. The SMILES string of the molecule is Cc1ccc(NC(=O)C(Sc2ccc(NC(=O)/C(=C/c3ccccc3Cl)NC(=O)c3ccccc3)cc2)c2ccccc2)cc1Cl. The third-order valence-corrected chi connectivity index (χ3v) is 8.90. The second-order valence-corrected chi connectivity index (χ2v) is 12.2. The van der Waals surface area contributed by atoms with E-state index in [1.807, 2.05) is 61.5 Å². The molecule has 1 atom stereocenters. The number of hydrogen-bond acceptors (Lipinski definition) is 4. The van der Waals surface area contributed by atoms with Crippen LogP contribution in [0.4, 0.5) is 11.4 Å². The highest BCUT2D eigenvalue weighted by molar-refractivity contribution is 8.00. The molecule has 0 heterocycles. The van der Waals surface area contributed by atoms with Gasteiger partial charge in [-0.1, -0.05) is 96.0 Å². The standard InChI is InChI=1S/C37H29Cl2N3O3S/c1-24-16-17-29(23-32(24)39)41-37(45)34(25-10-4-2-5-11-25)46-30-20-18-28(19-21-30)40-36(44)33(22-27-14-8-9-15-31(27)38)42-35(43)26-12-6-3-7-13-26/h2-23,34H,1H3,(H,40,44)(H,41,45)(H,42,43)/b33-22-. The summed E-state index contributed by atoms with van der Waals surface area (Å²) in [7, 11) is 0. The van der Waals surface area contributed by atoms with E-state index in [0.29, 0.717) is 32.5 Å². The lowest BCUT2D eigenvalue weighted by molar-refractivity contribution is -0.116. The fraction of sp³-hybridized carbons (Fsp3) is 0.0541. The first-order valence-electron chi connectivity index (χ1n) is 14.3. The predicted molar refractivity (Wildman–Crippen MR) is 188 cm³/mol. The Hall–Kier alpha value is -4.82. The third kappa shape index (κ3) is 8.67. The van der Waals surface area contributed by atoms with Gasteiger partial charge in [-0.3, -0.25) is 14.4 Å². The number of aryl methyl sites for hydroxylation is 1. The number of anilines is 2. The Labute approximate surface area is 281 Å². The van der Waals surface area contributed by atoms with Crippen LogP contribution in [0, 0.1) is 6.92 Å². The van der Waals surface area contributed by atoms with E-state index in [9.17, 15) is 14.4 Å². The molecule has 46 heavy (non-hydrogen) atoms. The first-order chi connectivity index (χ1) is 22.3. The lowest BCUT2D eigenvalue weighted by Crippen LogP contribution is -2.30. The van der Waals surface area contributed by atoms with Crippen molar-refractivity contribution in [2.75, 3.05) is 10.6 Å². The van der Waals surface area contributed by atoms with E-state index in [1.54, 1.807) is 72.8 Å². The summed E-state index contributed by atoms with van der Waals surface area (Å²) in [6.07, 6.45) is 1.53. The first-order valence-corrected chi connectivity index (χ1v) is 15.9. The van der Waals surface area contributed by atoms with Crippen molar-refractivity contribution in [3.63, 3.8) is 0 Å². The summed E-state index contributed by atoms with van der Waals surface area (Å²) >= 11 is 14.0. The molecule has 9 heteroatoms. The number of benzene rings is 5. The van der Waals surface area contributed by atoms with Gasteiger partial charge in [0.2, 0.25) is 5.91 Å². The van der Waals surface area contributed by atoms with E-state index in [2.05, 4.69) is 16.0 Å². The van der Waals surface area contributed by atoms with Gasteiger partial charge in [0.05, 0.1) is 0 Å². The van der Waals surface area contributed by atoms with Gasteiger partial charge < -0.3 is 16.0 Å². The average molecular weight is 667 g/mol. The van der Waals surface area contributed by atoms with Crippen LogP contribution in [-0.4, -0.2) is 17.7 Å². The van der Waals surface area contributed by atoms with Crippen LogP contribution in [0.1, 0.15) is 32.3 Å². The molecule has 0 fully saturated rings.